The first-order valence-electron chi connectivity index (χ1n) is 8.96. The van der Waals surface area contributed by atoms with Crippen LogP contribution in [-0.4, -0.2) is 20.7 Å². The number of fused-ring (bicyclic) bond motifs is 1. The van der Waals surface area contributed by atoms with Crippen LogP contribution in [0.3, 0.4) is 0 Å². The third-order valence-electron chi connectivity index (χ3n) is 5.26. The number of benzene rings is 1. The zero-order valence-electron chi connectivity index (χ0n) is 14.7. The van der Waals surface area contributed by atoms with Crippen LogP contribution in [0.25, 0.3) is 15.9 Å². The molecule has 1 saturated carbocycles. The topological polar surface area (TPSA) is 47.8 Å². The average molecular weight is 428 g/mol. The van der Waals surface area contributed by atoms with Crippen molar-refractivity contribution in [1.82, 2.24) is 14.5 Å². The fourth-order valence-corrected chi connectivity index (χ4v) is 4.66. The zero-order chi connectivity index (χ0) is 19.9. The molecular weight excluding hydrogens is 411 g/mol. The van der Waals surface area contributed by atoms with E-state index in [0.29, 0.717) is 30.0 Å². The van der Waals surface area contributed by atoms with E-state index in [4.69, 9.17) is 11.6 Å². The summed E-state index contributed by atoms with van der Waals surface area (Å²) >= 11 is 7.35. The minimum atomic E-state index is -4.17. The highest BCUT2D eigenvalue weighted by Crippen LogP contribution is 2.42. The SMILES string of the molecule is O=c1cc(CCl)nc(C2CCC(C(F)(F)F)CC2)n1-c1ccc2ncsc2c1. The van der Waals surface area contributed by atoms with Crippen LogP contribution in [0.5, 0.6) is 0 Å². The summed E-state index contributed by atoms with van der Waals surface area (Å²) in [5, 5.41) is 0. The van der Waals surface area contributed by atoms with Crippen LogP contribution in [0.4, 0.5) is 13.2 Å². The maximum atomic E-state index is 13.0. The number of hydrogen-bond donors (Lipinski definition) is 0. The molecule has 2 heterocycles. The number of nitrogens with zero attached hydrogens (tertiary/aromatic N) is 3. The lowest BCUT2D eigenvalue weighted by molar-refractivity contribution is -0.182. The molecule has 1 fully saturated rings. The van der Waals surface area contributed by atoms with E-state index in [2.05, 4.69) is 9.97 Å². The van der Waals surface area contributed by atoms with Crippen molar-refractivity contribution in [2.24, 2.45) is 5.92 Å². The van der Waals surface area contributed by atoms with Crippen LogP contribution in [0, 0.1) is 5.92 Å². The van der Waals surface area contributed by atoms with Gasteiger partial charge in [0.1, 0.15) is 5.82 Å². The molecule has 3 aromatic rings. The van der Waals surface area contributed by atoms with Crippen molar-refractivity contribution in [2.45, 2.75) is 43.7 Å². The smallest absolute Gasteiger partial charge is 0.269 e. The Balaban J connectivity index is 1.76. The summed E-state index contributed by atoms with van der Waals surface area (Å²) < 4.78 is 41.5. The number of rotatable bonds is 3. The molecule has 2 aromatic heterocycles. The number of alkyl halides is 4. The van der Waals surface area contributed by atoms with Gasteiger partial charge in [0.25, 0.3) is 5.56 Å². The number of thiazole rings is 1. The van der Waals surface area contributed by atoms with E-state index in [9.17, 15) is 18.0 Å². The van der Waals surface area contributed by atoms with E-state index in [-0.39, 0.29) is 30.2 Å². The van der Waals surface area contributed by atoms with E-state index in [1.54, 1.807) is 11.6 Å². The molecule has 4 rings (SSSR count). The molecule has 0 spiro atoms. The second-order valence-corrected chi connectivity index (χ2v) is 8.16. The molecule has 1 aromatic carbocycles. The van der Waals surface area contributed by atoms with Crippen LogP contribution in [0.1, 0.15) is 43.1 Å². The second-order valence-electron chi connectivity index (χ2n) is 7.01. The molecule has 9 heteroatoms. The molecule has 28 heavy (non-hydrogen) atoms. The Morgan fingerprint density at radius 1 is 1.18 bits per heavy atom. The highest BCUT2D eigenvalue weighted by molar-refractivity contribution is 7.16. The molecule has 0 aliphatic heterocycles. The first-order valence-corrected chi connectivity index (χ1v) is 10.4. The van der Waals surface area contributed by atoms with Crippen molar-refractivity contribution in [3.05, 3.63) is 51.6 Å². The Morgan fingerprint density at radius 2 is 1.93 bits per heavy atom. The van der Waals surface area contributed by atoms with Gasteiger partial charge in [-0.1, -0.05) is 0 Å². The molecule has 4 nitrogen and oxygen atoms in total. The molecule has 0 saturated heterocycles. The van der Waals surface area contributed by atoms with Crippen LogP contribution < -0.4 is 5.56 Å². The number of hydrogen-bond acceptors (Lipinski definition) is 4. The lowest BCUT2D eigenvalue weighted by Gasteiger charge is -2.30. The quantitative estimate of drug-likeness (QED) is 0.524. The van der Waals surface area contributed by atoms with Crippen LogP contribution in [0.15, 0.2) is 34.6 Å². The van der Waals surface area contributed by atoms with Gasteiger partial charge in [0.15, 0.2) is 0 Å². The summed E-state index contributed by atoms with van der Waals surface area (Å²) in [5.74, 6) is -0.928. The van der Waals surface area contributed by atoms with Crippen LogP contribution >= 0.6 is 22.9 Å². The highest BCUT2D eigenvalue weighted by atomic mass is 35.5. The molecule has 148 valence electrons. The summed E-state index contributed by atoms with van der Waals surface area (Å²) in [6, 6.07) is 6.86. The largest absolute Gasteiger partial charge is 0.391 e. The van der Waals surface area contributed by atoms with Crippen molar-refractivity contribution >= 4 is 33.2 Å². The fraction of sp³-hybridized carbons (Fsp3) is 0.421. The average Bonchev–Trinajstić information content (AvgIpc) is 3.14. The predicted molar refractivity (Wildman–Crippen MR) is 103 cm³/mol. The molecule has 0 N–H and O–H groups in total. The van der Waals surface area contributed by atoms with Crippen molar-refractivity contribution < 1.29 is 13.2 Å². The molecule has 1 aliphatic rings. The van der Waals surface area contributed by atoms with E-state index >= 15 is 0 Å². The van der Waals surface area contributed by atoms with E-state index in [0.717, 1.165) is 10.2 Å². The summed E-state index contributed by atoms with van der Waals surface area (Å²) in [6.07, 6.45) is -3.41. The van der Waals surface area contributed by atoms with E-state index in [1.165, 1.54) is 22.0 Å². The zero-order valence-corrected chi connectivity index (χ0v) is 16.3. The van der Waals surface area contributed by atoms with Crippen LogP contribution in [0.2, 0.25) is 0 Å². The Morgan fingerprint density at radius 3 is 2.61 bits per heavy atom. The molecule has 0 amide bonds. The number of halogens is 4. The predicted octanol–water partition coefficient (Wildman–Crippen LogP) is 5.42. The summed E-state index contributed by atoms with van der Waals surface area (Å²) in [7, 11) is 0. The first-order chi connectivity index (χ1) is 13.4. The van der Waals surface area contributed by atoms with Gasteiger partial charge in [-0.2, -0.15) is 13.2 Å². The fourth-order valence-electron chi connectivity index (χ4n) is 3.81. The maximum absolute atomic E-state index is 13.0. The van der Waals surface area contributed by atoms with Gasteiger partial charge >= 0.3 is 6.18 Å². The van der Waals surface area contributed by atoms with Gasteiger partial charge in [-0.3, -0.25) is 9.36 Å². The van der Waals surface area contributed by atoms with Crippen molar-refractivity contribution in [2.75, 3.05) is 0 Å². The summed E-state index contributed by atoms with van der Waals surface area (Å²) in [5.41, 5.74) is 3.37. The van der Waals surface area contributed by atoms with E-state index < -0.39 is 12.1 Å². The van der Waals surface area contributed by atoms with Crippen LogP contribution in [-0.2, 0) is 5.88 Å². The third-order valence-corrected chi connectivity index (χ3v) is 6.33. The van der Waals surface area contributed by atoms with E-state index in [1.807, 2.05) is 12.1 Å². The summed E-state index contributed by atoms with van der Waals surface area (Å²) in [6.45, 7) is 0. The Bertz CT molecular complexity index is 1050. The minimum Gasteiger partial charge on any atom is -0.269 e. The van der Waals surface area contributed by atoms with Gasteiger partial charge in [0.2, 0.25) is 0 Å². The standard InChI is InChI=1S/C19H17ClF3N3OS/c20-9-13-7-17(27)26(14-5-6-15-16(8-14)28-10-24-15)18(25-13)11-1-3-12(4-2-11)19(21,22)23/h5-8,10-12H,1-4,9H2. The maximum Gasteiger partial charge on any atom is 0.391 e. The normalized spacial score (nSPS) is 20.6. The van der Waals surface area contributed by atoms with Gasteiger partial charge in [-0.05, 0) is 43.9 Å². The third kappa shape index (κ3) is 3.67. The van der Waals surface area contributed by atoms with Gasteiger partial charge in [0, 0.05) is 12.0 Å². The minimum absolute atomic E-state index is 0.0447. The van der Waals surface area contributed by atoms with Gasteiger partial charge in [0.05, 0.1) is 38.9 Å². The lowest BCUT2D eigenvalue weighted by Crippen LogP contribution is -2.31. The first kappa shape index (κ1) is 19.4. The van der Waals surface area contributed by atoms with Crippen molar-refractivity contribution in [3.8, 4) is 5.69 Å². The molecule has 0 radical (unpaired) electrons. The molecule has 0 bridgehead atoms. The Hall–Kier alpha value is -1.93. The van der Waals surface area contributed by atoms with Gasteiger partial charge < -0.3 is 0 Å². The molecule has 0 unspecified atom stereocenters. The lowest BCUT2D eigenvalue weighted by atomic mass is 9.81. The monoisotopic (exact) mass is 427 g/mol. The van der Waals surface area contributed by atoms with Crippen molar-refractivity contribution in [1.29, 1.82) is 0 Å². The molecular formula is C19H17ClF3N3OS. The van der Waals surface area contributed by atoms with Gasteiger partial charge in [-0.25, -0.2) is 9.97 Å². The Labute approximate surface area is 168 Å². The Kier molecular flexibility index (Phi) is 5.18. The molecule has 0 atom stereocenters. The van der Waals surface area contributed by atoms with Crippen molar-refractivity contribution in [3.63, 3.8) is 0 Å². The summed E-state index contributed by atoms with van der Waals surface area (Å²) in [4.78, 5) is 21.6. The second kappa shape index (κ2) is 7.48. The molecule has 1 aliphatic carbocycles. The number of aromatic nitrogens is 3. The highest BCUT2D eigenvalue weighted by Gasteiger charge is 2.42. The van der Waals surface area contributed by atoms with Gasteiger partial charge in [-0.15, -0.1) is 22.9 Å².